The van der Waals surface area contributed by atoms with E-state index in [1.54, 1.807) is 18.3 Å². The number of nitrogens with two attached hydrogens (primary N) is 1. The van der Waals surface area contributed by atoms with Crippen molar-refractivity contribution in [3.8, 4) is 0 Å². The van der Waals surface area contributed by atoms with Crippen molar-refractivity contribution in [2.24, 2.45) is 5.73 Å². The lowest BCUT2D eigenvalue weighted by Gasteiger charge is -2.21. The fraction of sp³-hybridized carbons (Fsp3) is 0.364. The standard InChI is InChI=1S/C11H13N3O3/c12-10(16)9-4-8(15)6-14(9)11(17)7-2-1-3-13-5-7/h1-3,5,8-9,15H,4,6H2,(H2,12,16)/t8-,9+/m1/s1. The normalized spacial score (nSPS) is 23.7. The van der Waals surface area contributed by atoms with Crippen LogP contribution in [-0.4, -0.2) is 45.5 Å². The summed E-state index contributed by atoms with van der Waals surface area (Å²) in [5.41, 5.74) is 5.59. The molecule has 2 atom stereocenters. The van der Waals surface area contributed by atoms with Gasteiger partial charge in [0.25, 0.3) is 5.91 Å². The highest BCUT2D eigenvalue weighted by atomic mass is 16.3. The number of aromatic nitrogens is 1. The van der Waals surface area contributed by atoms with Crippen LogP contribution >= 0.6 is 0 Å². The molecule has 0 aliphatic carbocycles. The Kier molecular flexibility index (Phi) is 3.06. The molecule has 2 heterocycles. The Morgan fingerprint density at radius 3 is 2.88 bits per heavy atom. The number of aliphatic hydroxyl groups excluding tert-OH is 1. The summed E-state index contributed by atoms with van der Waals surface area (Å²) in [6.07, 6.45) is 2.47. The Hall–Kier alpha value is -1.95. The number of hydrogen-bond donors (Lipinski definition) is 2. The number of primary amides is 1. The molecule has 0 bridgehead atoms. The van der Waals surface area contributed by atoms with Gasteiger partial charge in [0.15, 0.2) is 0 Å². The maximum absolute atomic E-state index is 12.1. The first-order valence-electron chi connectivity index (χ1n) is 5.28. The Balaban J connectivity index is 2.22. The summed E-state index contributed by atoms with van der Waals surface area (Å²) in [5.74, 6) is -0.933. The highest BCUT2D eigenvalue weighted by Crippen LogP contribution is 2.20. The SMILES string of the molecule is NC(=O)[C@@H]1C[C@@H](O)CN1C(=O)c1cccnc1. The zero-order valence-electron chi connectivity index (χ0n) is 9.11. The van der Waals surface area contributed by atoms with Gasteiger partial charge in [-0.25, -0.2) is 0 Å². The Morgan fingerprint density at radius 1 is 1.53 bits per heavy atom. The van der Waals surface area contributed by atoms with E-state index in [-0.39, 0.29) is 18.9 Å². The van der Waals surface area contributed by atoms with E-state index in [4.69, 9.17) is 5.73 Å². The lowest BCUT2D eigenvalue weighted by molar-refractivity contribution is -0.121. The lowest BCUT2D eigenvalue weighted by atomic mass is 10.2. The first kappa shape index (κ1) is 11.5. The summed E-state index contributed by atoms with van der Waals surface area (Å²) >= 11 is 0. The first-order valence-corrected chi connectivity index (χ1v) is 5.28. The Morgan fingerprint density at radius 2 is 2.29 bits per heavy atom. The van der Waals surface area contributed by atoms with Gasteiger partial charge in [-0.1, -0.05) is 0 Å². The summed E-state index contributed by atoms with van der Waals surface area (Å²) in [6, 6.07) is 2.51. The van der Waals surface area contributed by atoms with Crippen molar-refractivity contribution in [3.63, 3.8) is 0 Å². The number of amides is 2. The molecule has 0 unspecified atom stereocenters. The molecule has 2 amide bonds. The fourth-order valence-corrected chi connectivity index (χ4v) is 1.96. The number of rotatable bonds is 2. The van der Waals surface area contributed by atoms with Gasteiger partial charge in [-0.3, -0.25) is 14.6 Å². The van der Waals surface area contributed by atoms with Crippen LogP contribution in [0.5, 0.6) is 0 Å². The molecular formula is C11H13N3O3. The molecule has 1 fully saturated rings. The van der Waals surface area contributed by atoms with Crippen LogP contribution in [-0.2, 0) is 4.79 Å². The van der Waals surface area contributed by atoms with E-state index in [0.29, 0.717) is 5.56 Å². The van der Waals surface area contributed by atoms with Gasteiger partial charge in [0, 0.05) is 25.4 Å². The molecule has 1 aromatic rings. The maximum atomic E-state index is 12.1. The van der Waals surface area contributed by atoms with E-state index in [9.17, 15) is 14.7 Å². The predicted octanol–water partition coefficient (Wildman–Crippen LogP) is -0.858. The second kappa shape index (κ2) is 4.50. The fourth-order valence-electron chi connectivity index (χ4n) is 1.96. The topological polar surface area (TPSA) is 96.5 Å². The van der Waals surface area contributed by atoms with Crippen LogP contribution in [0.3, 0.4) is 0 Å². The molecule has 90 valence electrons. The van der Waals surface area contributed by atoms with Crippen molar-refractivity contribution in [2.45, 2.75) is 18.6 Å². The van der Waals surface area contributed by atoms with Crippen LogP contribution in [0, 0.1) is 0 Å². The van der Waals surface area contributed by atoms with E-state index in [0.717, 1.165) is 0 Å². The molecule has 0 saturated carbocycles. The molecule has 3 N–H and O–H groups in total. The number of nitrogens with zero attached hydrogens (tertiary/aromatic N) is 2. The van der Waals surface area contributed by atoms with Gasteiger partial charge in [0.1, 0.15) is 6.04 Å². The number of carbonyl (C=O) groups excluding carboxylic acids is 2. The monoisotopic (exact) mass is 235 g/mol. The molecule has 0 radical (unpaired) electrons. The van der Waals surface area contributed by atoms with E-state index in [1.165, 1.54) is 11.1 Å². The van der Waals surface area contributed by atoms with E-state index >= 15 is 0 Å². The lowest BCUT2D eigenvalue weighted by Crippen LogP contribution is -2.43. The Labute approximate surface area is 98.1 Å². The number of carbonyl (C=O) groups is 2. The third kappa shape index (κ3) is 2.26. The third-order valence-electron chi connectivity index (χ3n) is 2.78. The quantitative estimate of drug-likeness (QED) is 0.697. The molecule has 0 spiro atoms. The van der Waals surface area contributed by atoms with Crippen LogP contribution in [0.25, 0.3) is 0 Å². The van der Waals surface area contributed by atoms with Crippen LogP contribution in [0.1, 0.15) is 16.8 Å². The third-order valence-corrected chi connectivity index (χ3v) is 2.78. The number of aliphatic hydroxyl groups is 1. The summed E-state index contributed by atoms with van der Waals surface area (Å²) in [6.45, 7) is 0.126. The largest absolute Gasteiger partial charge is 0.391 e. The molecule has 1 aromatic heterocycles. The average molecular weight is 235 g/mol. The summed E-state index contributed by atoms with van der Waals surface area (Å²) < 4.78 is 0. The minimum Gasteiger partial charge on any atom is -0.391 e. The van der Waals surface area contributed by atoms with Gasteiger partial charge in [-0.15, -0.1) is 0 Å². The molecule has 1 aliphatic rings. The van der Waals surface area contributed by atoms with Crippen molar-refractivity contribution in [1.82, 2.24) is 9.88 Å². The minimum absolute atomic E-state index is 0.126. The van der Waals surface area contributed by atoms with Crippen molar-refractivity contribution in [3.05, 3.63) is 30.1 Å². The molecular weight excluding hydrogens is 222 g/mol. The van der Waals surface area contributed by atoms with Gasteiger partial charge in [0.05, 0.1) is 11.7 Å². The average Bonchev–Trinajstić information content (AvgIpc) is 2.72. The van der Waals surface area contributed by atoms with E-state index in [1.807, 2.05) is 0 Å². The van der Waals surface area contributed by atoms with Gasteiger partial charge in [0.2, 0.25) is 5.91 Å². The van der Waals surface area contributed by atoms with Crippen molar-refractivity contribution >= 4 is 11.8 Å². The second-order valence-corrected chi connectivity index (χ2v) is 4.01. The summed E-state index contributed by atoms with van der Waals surface area (Å²) in [7, 11) is 0. The van der Waals surface area contributed by atoms with Crippen molar-refractivity contribution in [2.75, 3.05) is 6.54 Å². The van der Waals surface area contributed by atoms with E-state index < -0.39 is 18.1 Å². The van der Waals surface area contributed by atoms with Crippen molar-refractivity contribution < 1.29 is 14.7 Å². The summed E-state index contributed by atoms with van der Waals surface area (Å²) in [4.78, 5) is 28.4. The molecule has 17 heavy (non-hydrogen) atoms. The predicted molar refractivity (Wildman–Crippen MR) is 58.9 cm³/mol. The smallest absolute Gasteiger partial charge is 0.256 e. The molecule has 1 saturated heterocycles. The minimum atomic E-state index is -0.738. The molecule has 6 heteroatoms. The zero-order chi connectivity index (χ0) is 12.4. The van der Waals surface area contributed by atoms with Crippen LogP contribution in [0.15, 0.2) is 24.5 Å². The number of β-amino-alcohol motifs (C(OH)–C–C–N with tert-alkyl or cyclic N) is 1. The summed E-state index contributed by atoms with van der Waals surface area (Å²) in [5, 5.41) is 9.50. The number of hydrogen-bond acceptors (Lipinski definition) is 4. The van der Waals surface area contributed by atoms with Crippen LogP contribution < -0.4 is 5.73 Å². The van der Waals surface area contributed by atoms with Gasteiger partial charge in [-0.2, -0.15) is 0 Å². The molecule has 0 aromatic carbocycles. The molecule has 2 rings (SSSR count). The zero-order valence-corrected chi connectivity index (χ0v) is 9.11. The van der Waals surface area contributed by atoms with Crippen LogP contribution in [0.2, 0.25) is 0 Å². The second-order valence-electron chi connectivity index (χ2n) is 4.01. The van der Waals surface area contributed by atoms with Crippen LogP contribution in [0.4, 0.5) is 0 Å². The van der Waals surface area contributed by atoms with Gasteiger partial charge < -0.3 is 15.7 Å². The Bertz CT molecular complexity index is 435. The highest BCUT2D eigenvalue weighted by Gasteiger charge is 2.38. The number of pyridine rings is 1. The van der Waals surface area contributed by atoms with Gasteiger partial charge in [-0.05, 0) is 12.1 Å². The maximum Gasteiger partial charge on any atom is 0.256 e. The number of likely N-dealkylation sites (tertiary alicyclic amines) is 1. The molecule has 1 aliphatic heterocycles. The van der Waals surface area contributed by atoms with Crippen molar-refractivity contribution in [1.29, 1.82) is 0 Å². The van der Waals surface area contributed by atoms with E-state index in [2.05, 4.69) is 4.98 Å². The van der Waals surface area contributed by atoms with Gasteiger partial charge >= 0.3 is 0 Å². The first-order chi connectivity index (χ1) is 8.09. The molecule has 6 nitrogen and oxygen atoms in total. The highest BCUT2D eigenvalue weighted by molar-refractivity contribution is 5.97.